The number of pyridine rings is 1. The number of halogens is 1. The maximum atomic E-state index is 13.7. The highest BCUT2D eigenvalue weighted by molar-refractivity contribution is 5.64. The van der Waals surface area contributed by atoms with E-state index in [9.17, 15) is 4.39 Å². The molecule has 0 amide bonds. The molecule has 3 heteroatoms. The summed E-state index contributed by atoms with van der Waals surface area (Å²) in [5, 5.41) is 0. The monoisotopic (exact) mass is 293 g/mol. The van der Waals surface area contributed by atoms with Crippen LogP contribution in [0.4, 0.5) is 4.39 Å². The highest BCUT2D eigenvalue weighted by Crippen LogP contribution is 2.28. The van der Waals surface area contributed by atoms with Crippen molar-refractivity contribution in [1.29, 1.82) is 0 Å². The fraction of sp³-hybridized carbons (Fsp3) is 0.105. The lowest BCUT2D eigenvalue weighted by Gasteiger charge is -2.14. The Morgan fingerprint density at radius 2 is 1.86 bits per heavy atom. The quantitative estimate of drug-likeness (QED) is 0.529. The van der Waals surface area contributed by atoms with Gasteiger partial charge < -0.3 is 4.74 Å². The van der Waals surface area contributed by atoms with Gasteiger partial charge in [-0.05, 0) is 18.2 Å². The van der Waals surface area contributed by atoms with Gasteiger partial charge in [-0.1, -0.05) is 30.3 Å². The van der Waals surface area contributed by atoms with Gasteiger partial charge in [-0.2, -0.15) is 6.07 Å². The van der Waals surface area contributed by atoms with Crippen molar-refractivity contribution in [3.8, 4) is 17.0 Å². The molecule has 0 saturated heterocycles. The van der Waals surface area contributed by atoms with Crippen LogP contribution in [-0.2, 0) is 6.54 Å². The van der Waals surface area contributed by atoms with Crippen LogP contribution in [0.15, 0.2) is 66.7 Å². The lowest BCUT2D eigenvalue weighted by atomic mass is 10.1. The van der Waals surface area contributed by atoms with Gasteiger partial charge in [-0.25, -0.2) is 4.39 Å². The summed E-state index contributed by atoms with van der Waals surface area (Å²) >= 11 is 0. The predicted octanol–water partition coefficient (Wildman–Crippen LogP) is 3.64. The van der Waals surface area contributed by atoms with Crippen molar-refractivity contribution < 1.29 is 13.7 Å². The van der Waals surface area contributed by atoms with E-state index >= 15 is 0 Å². The Balaban J connectivity index is 2.07. The fourth-order valence-corrected chi connectivity index (χ4v) is 2.44. The van der Waals surface area contributed by atoms with E-state index in [0.29, 0.717) is 12.3 Å². The Morgan fingerprint density at radius 1 is 1.05 bits per heavy atom. The zero-order valence-corrected chi connectivity index (χ0v) is 12.3. The molecule has 0 saturated carbocycles. The Kier molecular flexibility index (Phi) is 4.15. The molecule has 1 aromatic heterocycles. The molecule has 2 nitrogen and oxygen atoms in total. The maximum Gasteiger partial charge on any atom is 0.151 e. The number of nitrogens with zero attached hydrogens (tertiary/aromatic N) is 1. The number of hydrogen-bond donors (Lipinski definition) is 0. The van der Waals surface area contributed by atoms with Crippen molar-refractivity contribution in [3.63, 3.8) is 0 Å². The molecule has 3 rings (SSSR count). The van der Waals surface area contributed by atoms with Gasteiger partial charge in [0.1, 0.15) is 23.5 Å². The average molecular weight is 293 g/mol. The highest BCUT2D eigenvalue weighted by Gasteiger charge is 2.12. The number of methoxy groups -OCH3 is 1. The lowest BCUT2D eigenvalue weighted by Crippen LogP contribution is -2.36. The van der Waals surface area contributed by atoms with Gasteiger partial charge in [0.15, 0.2) is 6.54 Å². The SMILES string of the molecule is COc1ccc(F)cc1-c1ccc[c-][n+]1Cc1ccccc1. The first-order valence-corrected chi connectivity index (χ1v) is 7.06. The molecule has 0 N–H and O–H groups in total. The number of rotatable bonds is 4. The van der Waals surface area contributed by atoms with Crippen molar-refractivity contribution >= 4 is 0 Å². The summed E-state index contributed by atoms with van der Waals surface area (Å²) in [5.74, 6) is 0.355. The van der Waals surface area contributed by atoms with Gasteiger partial charge in [0.25, 0.3) is 0 Å². The summed E-state index contributed by atoms with van der Waals surface area (Å²) in [7, 11) is 1.59. The minimum atomic E-state index is -0.286. The second-order valence-electron chi connectivity index (χ2n) is 4.96. The molecule has 0 atom stereocenters. The summed E-state index contributed by atoms with van der Waals surface area (Å²) in [5.41, 5.74) is 2.74. The minimum absolute atomic E-state index is 0.286. The van der Waals surface area contributed by atoms with Crippen molar-refractivity contribution in [3.05, 3.63) is 84.3 Å². The summed E-state index contributed by atoms with van der Waals surface area (Å²) in [6.45, 7) is 0.663. The Hall–Kier alpha value is -2.68. The molecule has 3 aromatic rings. The smallest absolute Gasteiger partial charge is 0.151 e. The largest absolute Gasteiger partial charge is 0.497 e. The topological polar surface area (TPSA) is 13.1 Å². The van der Waals surface area contributed by atoms with Crippen LogP contribution in [0.25, 0.3) is 11.3 Å². The third-order valence-electron chi connectivity index (χ3n) is 3.49. The van der Waals surface area contributed by atoms with Crippen LogP contribution in [0.3, 0.4) is 0 Å². The third-order valence-corrected chi connectivity index (χ3v) is 3.49. The van der Waals surface area contributed by atoms with Crippen molar-refractivity contribution in [2.75, 3.05) is 7.11 Å². The molecule has 0 aliphatic carbocycles. The van der Waals surface area contributed by atoms with Crippen molar-refractivity contribution in [2.45, 2.75) is 6.54 Å². The van der Waals surface area contributed by atoms with Gasteiger partial charge in [-0.15, -0.1) is 12.1 Å². The van der Waals surface area contributed by atoms with E-state index in [-0.39, 0.29) is 5.82 Å². The predicted molar refractivity (Wildman–Crippen MR) is 83.0 cm³/mol. The second kappa shape index (κ2) is 6.39. The maximum absolute atomic E-state index is 13.7. The zero-order chi connectivity index (χ0) is 15.4. The molecule has 0 spiro atoms. The number of aromatic nitrogens is 1. The van der Waals surface area contributed by atoms with Gasteiger partial charge >= 0.3 is 0 Å². The molecule has 0 unspecified atom stereocenters. The molecule has 0 bridgehead atoms. The first kappa shape index (κ1) is 14.3. The van der Waals surface area contributed by atoms with Crippen LogP contribution in [0, 0.1) is 12.0 Å². The summed E-state index contributed by atoms with van der Waals surface area (Å²) in [4.78, 5) is 0. The average Bonchev–Trinajstić information content (AvgIpc) is 2.56. The number of benzene rings is 2. The second-order valence-corrected chi connectivity index (χ2v) is 4.96. The van der Waals surface area contributed by atoms with Gasteiger partial charge in [0, 0.05) is 11.1 Å². The van der Waals surface area contributed by atoms with Crippen LogP contribution in [0.2, 0.25) is 0 Å². The number of hydrogen-bond acceptors (Lipinski definition) is 1. The van der Waals surface area contributed by atoms with E-state index in [0.717, 1.165) is 16.8 Å². The van der Waals surface area contributed by atoms with E-state index in [1.807, 2.05) is 41.0 Å². The van der Waals surface area contributed by atoms with E-state index in [4.69, 9.17) is 4.74 Å². The van der Waals surface area contributed by atoms with Crippen LogP contribution in [-0.4, -0.2) is 7.11 Å². The lowest BCUT2D eigenvalue weighted by molar-refractivity contribution is -0.681. The highest BCUT2D eigenvalue weighted by atomic mass is 19.1. The van der Waals surface area contributed by atoms with Crippen LogP contribution in [0.5, 0.6) is 5.75 Å². The summed E-state index contributed by atoms with van der Waals surface area (Å²) in [6, 6.07) is 20.3. The van der Waals surface area contributed by atoms with E-state index in [1.54, 1.807) is 13.2 Å². The molecule has 0 aliphatic heterocycles. The molecule has 0 fully saturated rings. The first-order valence-electron chi connectivity index (χ1n) is 7.06. The minimum Gasteiger partial charge on any atom is -0.497 e. The zero-order valence-electron chi connectivity index (χ0n) is 12.3. The van der Waals surface area contributed by atoms with Crippen LogP contribution >= 0.6 is 0 Å². The van der Waals surface area contributed by atoms with E-state index < -0.39 is 0 Å². The standard InChI is InChI=1S/C19H16FNO/c1-22-19-11-10-16(20)13-17(19)18-9-5-6-12-21(18)14-15-7-3-2-4-8-15/h2-11,13H,14H2,1H3. The summed E-state index contributed by atoms with van der Waals surface area (Å²) < 4.78 is 21.0. The molecule has 110 valence electrons. The van der Waals surface area contributed by atoms with Crippen LogP contribution in [0.1, 0.15) is 5.56 Å². The Bertz CT molecular complexity index is 771. The van der Waals surface area contributed by atoms with Gasteiger partial charge in [0.2, 0.25) is 0 Å². The van der Waals surface area contributed by atoms with Crippen molar-refractivity contribution in [2.24, 2.45) is 0 Å². The van der Waals surface area contributed by atoms with E-state index in [2.05, 4.69) is 18.3 Å². The third kappa shape index (κ3) is 2.98. The van der Waals surface area contributed by atoms with Gasteiger partial charge in [-0.3, -0.25) is 4.57 Å². The molecule has 1 heterocycles. The fourth-order valence-electron chi connectivity index (χ4n) is 2.44. The molecule has 2 aromatic carbocycles. The first-order chi connectivity index (χ1) is 10.8. The molecule has 0 radical (unpaired) electrons. The molecular formula is C19H16FNO. The Morgan fingerprint density at radius 3 is 2.64 bits per heavy atom. The molecular weight excluding hydrogens is 277 g/mol. The summed E-state index contributed by atoms with van der Waals surface area (Å²) in [6.07, 6.45) is 3.19. The number of ether oxygens (including phenoxy) is 1. The van der Waals surface area contributed by atoms with Gasteiger partial charge in [0.05, 0.1) is 7.11 Å². The normalized spacial score (nSPS) is 10.5. The van der Waals surface area contributed by atoms with Crippen molar-refractivity contribution in [1.82, 2.24) is 0 Å². The van der Waals surface area contributed by atoms with E-state index in [1.165, 1.54) is 12.1 Å². The van der Waals surface area contributed by atoms with Crippen LogP contribution < -0.4 is 9.30 Å². The molecule has 22 heavy (non-hydrogen) atoms. The molecule has 0 aliphatic rings. The Labute approximate surface area is 129 Å².